The molecule has 0 aromatic carbocycles. The third-order valence-corrected chi connectivity index (χ3v) is 1.50. The molecule has 0 unspecified atom stereocenters. The molecule has 1 heterocycles. The first-order chi connectivity index (χ1) is 5.65. The van der Waals surface area contributed by atoms with E-state index in [1.165, 1.54) is 13.3 Å². The highest BCUT2D eigenvalue weighted by Crippen LogP contribution is 1.94. The van der Waals surface area contributed by atoms with Gasteiger partial charge in [0.25, 0.3) is 5.56 Å². The predicted octanol–water partition coefficient (Wildman–Crippen LogP) is -0.206. The molecule has 0 radical (unpaired) electrons. The van der Waals surface area contributed by atoms with Gasteiger partial charge < -0.3 is 4.74 Å². The monoisotopic (exact) mass is 190 g/mol. The fraction of sp³-hybridized carbons (Fsp3) is 0.333. The van der Waals surface area contributed by atoms with Crippen LogP contribution in [0.5, 0.6) is 0 Å². The van der Waals surface area contributed by atoms with Crippen molar-refractivity contribution in [2.45, 2.75) is 6.73 Å². The van der Waals surface area contributed by atoms with Crippen LogP contribution in [0.3, 0.4) is 0 Å². The Hall–Kier alpha value is -1.07. The van der Waals surface area contributed by atoms with Gasteiger partial charge in [0, 0.05) is 13.3 Å². The van der Waals surface area contributed by atoms with E-state index < -0.39 is 11.2 Å². The van der Waals surface area contributed by atoms with Crippen molar-refractivity contribution >= 4 is 11.6 Å². The van der Waals surface area contributed by atoms with E-state index in [0.717, 1.165) is 4.57 Å². The lowest BCUT2D eigenvalue weighted by atomic mass is 10.6. The number of hydrogen-bond acceptors (Lipinski definition) is 3. The van der Waals surface area contributed by atoms with Crippen molar-refractivity contribution < 1.29 is 4.74 Å². The van der Waals surface area contributed by atoms with Crippen molar-refractivity contribution in [3.05, 3.63) is 32.1 Å². The predicted molar refractivity (Wildman–Crippen MR) is 43.3 cm³/mol. The molecule has 0 amide bonds. The SMILES string of the molecule is COCn1cc(Cl)c(=O)[nH]c1=O. The van der Waals surface area contributed by atoms with E-state index in [1.54, 1.807) is 0 Å². The molecule has 12 heavy (non-hydrogen) atoms. The lowest BCUT2D eigenvalue weighted by Crippen LogP contribution is -2.30. The normalized spacial score (nSPS) is 10.2. The highest BCUT2D eigenvalue weighted by Gasteiger charge is 2.00. The van der Waals surface area contributed by atoms with Gasteiger partial charge in [-0.05, 0) is 0 Å². The summed E-state index contributed by atoms with van der Waals surface area (Å²) in [6.07, 6.45) is 1.23. The Morgan fingerprint density at radius 3 is 2.92 bits per heavy atom. The van der Waals surface area contributed by atoms with Crippen molar-refractivity contribution in [2.75, 3.05) is 7.11 Å². The largest absolute Gasteiger partial charge is 0.364 e. The van der Waals surface area contributed by atoms with Crippen molar-refractivity contribution in [2.24, 2.45) is 0 Å². The minimum Gasteiger partial charge on any atom is -0.364 e. The fourth-order valence-electron chi connectivity index (χ4n) is 0.718. The molecule has 1 rings (SSSR count). The Kier molecular flexibility index (Phi) is 2.67. The minimum absolute atomic E-state index is 0.0355. The second kappa shape index (κ2) is 3.55. The average Bonchev–Trinajstić information content (AvgIpc) is 2.01. The van der Waals surface area contributed by atoms with Crippen LogP contribution >= 0.6 is 11.6 Å². The van der Waals surface area contributed by atoms with Gasteiger partial charge in [0.05, 0.1) is 0 Å². The number of H-pyrrole nitrogens is 1. The van der Waals surface area contributed by atoms with Crippen LogP contribution in [0.1, 0.15) is 0 Å². The number of nitrogens with one attached hydrogen (secondary N) is 1. The summed E-state index contributed by atoms with van der Waals surface area (Å²) in [4.78, 5) is 23.7. The Balaban J connectivity index is 3.24. The summed E-state index contributed by atoms with van der Waals surface area (Å²) < 4.78 is 5.84. The summed E-state index contributed by atoms with van der Waals surface area (Å²) >= 11 is 5.46. The lowest BCUT2D eigenvalue weighted by molar-refractivity contribution is 0.127. The molecule has 0 fully saturated rings. The summed E-state index contributed by atoms with van der Waals surface area (Å²) in [6, 6.07) is 0. The molecule has 0 aliphatic carbocycles. The topological polar surface area (TPSA) is 64.1 Å². The van der Waals surface area contributed by atoms with Crippen LogP contribution in [0.25, 0.3) is 0 Å². The lowest BCUT2D eigenvalue weighted by Gasteiger charge is -2.01. The molecule has 1 aromatic rings. The number of ether oxygens (including phenoxy) is 1. The number of rotatable bonds is 2. The van der Waals surface area contributed by atoms with Crippen LogP contribution in [-0.2, 0) is 11.5 Å². The van der Waals surface area contributed by atoms with Gasteiger partial charge in [-0.1, -0.05) is 11.6 Å². The van der Waals surface area contributed by atoms with Gasteiger partial charge in [-0.25, -0.2) is 4.79 Å². The van der Waals surface area contributed by atoms with Gasteiger partial charge in [-0.3, -0.25) is 14.3 Å². The van der Waals surface area contributed by atoms with Crippen molar-refractivity contribution in [3.8, 4) is 0 Å². The standard InChI is InChI=1S/C6H7ClN2O3/c1-12-3-9-2-4(7)5(10)8-6(9)11/h2H,3H2,1H3,(H,8,10,11). The first-order valence-electron chi connectivity index (χ1n) is 3.13. The van der Waals surface area contributed by atoms with Gasteiger partial charge >= 0.3 is 5.69 Å². The molecule has 1 N–H and O–H groups in total. The zero-order valence-electron chi connectivity index (χ0n) is 6.33. The summed E-state index contributed by atoms with van der Waals surface area (Å²) in [5.41, 5.74) is -1.12. The highest BCUT2D eigenvalue weighted by molar-refractivity contribution is 6.30. The molecule has 0 saturated carbocycles. The Labute approximate surface area is 72.6 Å². The molecule has 5 nitrogen and oxygen atoms in total. The van der Waals surface area contributed by atoms with Gasteiger partial charge in [0.15, 0.2) is 0 Å². The van der Waals surface area contributed by atoms with Crippen molar-refractivity contribution in [1.29, 1.82) is 0 Å². The second-order valence-corrected chi connectivity index (χ2v) is 2.53. The molecule has 6 heteroatoms. The molecule has 0 saturated heterocycles. The van der Waals surface area contributed by atoms with Gasteiger partial charge in [-0.2, -0.15) is 0 Å². The molecule has 0 spiro atoms. The van der Waals surface area contributed by atoms with Gasteiger partial charge in [0.1, 0.15) is 11.8 Å². The summed E-state index contributed by atoms with van der Waals surface area (Å²) in [7, 11) is 1.44. The van der Waals surface area contributed by atoms with Crippen LogP contribution in [0, 0.1) is 0 Å². The smallest absolute Gasteiger partial charge is 0.330 e. The number of aromatic amines is 1. The quantitative estimate of drug-likeness (QED) is 0.702. The van der Waals surface area contributed by atoms with E-state index in [0.29, 0.717) is 0 Å². The first kappa shape index (κ1) is 9.02. The summed E-state index contributed by atoms with van der Waals surface area (Å²) in [5, 5.41) is -0.0355. The molecule has 0 bridgehead atoms. The number of methoxy groups -OCH3 is 1. The Morgan fingerprint density at radius 1 is 1.67 bits per heavy atom. The van der Waals surface area contributed by atoms with Gasteiger partial charge in [-0.15, -0.1) is 0 Å². The molecule has 0 atom stereocenters. The van der Waals surface area contributed by atoms with Crippen LogP contribution in [0.4, 0.5) is 0 Å². The number of nitrogens with zero attached hydrogens (tertiary/aromatic N) is 1. The van der Waals surface area contributed by atoms with E-state index in [-0.39, 0.29) is 11.8 Å². The zero-order chi connectivity index (χ0) is 9.14. The van der Waals surface area contributed by atoms with E-state index in [1.807, 2.05) is 4.98 Å². The first-order valence-corrected chi connectivity index (χ1v) is 3.51. The minimum atomic E-state index is -0.589. The van der Waals surface area contributed by atoms with E-state index in [2.05, 4.69) is 4.74 Å². The Bertz CT molecular complexity index is 381. The maximum absolute atomic E-state index is 11.0. The molecular weight excluding hydrogens is 184 g/mol. The summed E-state index contributed by atoms with van der Waals surface area (Å²) in [6.45, 7) is 0.0648. The number of aromatic nitrogens is 2. The van der Waals surface area contributed by atoms with E-state index in [9.17, 15) is 9.59 Å². The number of halogens is 1. The number of hydrogen-bond donors (Lipinski definition) is 1. The highest BCUT2D eigenvalue weighted by atomic mass is 35.5. The second-order valence-electron chi connectivity index (χ2n) is 2.12. The van der Waals surface area contributed by atoms with Crippen molar-refractivity contribution in [1.82, 2.24) is 9.55 Å². The third kappa shape index (κ3) is 1.75. The summed E-state index contributed by atoms with van der Waals surface area (Å²) in [5.74, 6) is 0. The maximum atomic E-state index is 11.0. The molecule has 0 aliphatic rings. The van der Waals surface area contributed by atoms with Crippen LogP contribution in [-0.4, -0.2) is 16.7 Å². The zero-order valence-corrected chi connectivity index (χ0v) is 7.09. The molecule has 0 aliphatic heterocycles. The van der Waals surface area contributed by atoms with E-state index in [4.69, 9.17) is 11.6 Å². The van der Waals surface area contributed by atoms with Gasteiger partial charge in [0.2, 0.25) is 0 Å². The molecular formula is C6H7ClN2O3. The fourth-order valence-corrected chi connectivity index (χ4v) is 0.883. The average molecular weight is 191 g/mol. The van der Waals surface area contributed by atoms with Crippen LogP contribution in [0.2, 0.25) is 5.02 Å². The molecule has 66 valence electrons. The Morgan fingerprint density at radius 2 is 2.33 bits per heavy atom. The van der Waals surface area contributed by atoms with E-state index >= 15 is 0 Å². The third-order valence-electron chi connectivity index (χ3n) is 1.24. The molecule has 1 aromatic heterocycles. The maximum Gasteiger partial charge on any atom is 0.330 e. The van der Waals surface area contributed by atoms with Crippen molar-refractivity contribution in [3.63, 3.8) is 0 Å². The van der Waals surface area contributed by atoms with Crippen LogP contribution in [0.15, 0.2) is 15.8 Å². The van der Waals surface area contributed by atoms with Crippen LogP contribution < -0.4 is 11.2 Å².